The molecule has 3 aliphatic rings. The van der Waals surface area contributed by atoms with Crippen molar-refractivity contribution < 1.29 is 0 Å². The molecule has 3 rings (SSSR count). The van der Waals surface area contributed by atoms with Gasteiger partial charge in [-0.05, 0) is 47.3 Å². The molecule has 3 aliphatic carbocycles. The highest BCUT2D eigenvalue weighted by Gasteiger charge is 2.67. The van der Waals surface area contributed by atoms with E-state index in [2.05, 4.69) is 41.5 Å². The first kappa shape index (κ1) is 10.5. The Morgan fingerprint density at radius 3 is 1.07 bits per heavy atom. The van der Waals surface area contributed by atoms with Gasteiger partial charge in [-0.2, -0.15) is 0 Å². The standard InChI is InChI=1S/C14H26/c1-11(2,3)13-7-8-14(9-13,10-13)12(4,5)6/h7-10H2,1-6H3. The van der Waals surface area contributed by atoms with Crippen LogP contribution < -0.4 is 0 Å². The first-order valence-electron chi connectivity index (χ1n) is 6.12. The van der Waals surface area contributed by atoms with Gasteiger partial charge in [0.05, 0.1) is 0 Å². The van der Waals surface area contributed by atoms with Crippen molar-refractivity contribution in [3.05, 3.63) is 0 Å². The van der Waals surface area contributed by atoms with Crippen LogP contribution >= 0.6 is 0 Å². The van der Waals surface area contributed by atoms with Gasteiger partial charge < -0.3 is 0 Å². The molecular formula is C14H26. The van der Waals surface area contributed by atoms with E-state index < -0.39 is 0 Å². The van der Waals surface area contributed by atoms with Crippen LogP contribution in [0.5, 0.6) is 0 Å². The molecular weight excluding hydrogens is 168 g/mol. The Kier molecular flexibility index (Phi) is 1.79. The van der Waals surface area contributed by atoms with Gasteiger partial charge in [0, 0.05) is 0 Å². The van der Waals surface area contributed by atoms with Crippen LogP contribution in [0.25, 0.3) is 0 Å². The molecule has 2 bridgehead atoms. The Labute approximate surface area is 89.5 Å². The Morgan fingerprint density at radius 2 is 0.929 bits per heavy atom. The van der Waals surface area contributed by atoms with Gasteiger partial charge in [0.15, 0.2) is 0 Å². The molecule has 0 saturated heterocycles. The van der Waals surface area contributed by atoms with E-state index in [9.17, 15) is 0 Å². The lowest BCUT2D eigenvalue weighted by atomic mass is 9.45. The molecule has 0 unspecified atom stereocenters. The third-order valence-corrected chi connectivity index (χ3v) is 5.62. The number of fused-ring (bicyclic) bond motifs is 1. The molecule has 0 aliphatic heterocycles. The molecule has 82 valence electrons. The summed E-state index contributed by atoms with van der Waals surface area (Å²) in [7, 11) is 0. The fourth-order valence-corrected chi connectivity index (χ4v) is 3.89. The van der Waals surface area contributed by atoms with Crippen LogP contribution in [0.1, 0.15) is 67.2 Å². The zero-order chi connectivity index (χ0) is 10.8. The van der Waals surface area contributed by atoms with Crippen molar-refractivity contribution in [2.24, 2.45) is 21.7 Å². The van der Waals surface area contributed by atoms with Crippen molar-refractivity contribution in [1.29, 1.82) is 0 Å². The minimum Gasteiger partial charge on any atom is -0.0596 e. The second-order valence-electron chi connectivity index (χ2n) is 7.91. The van der Waals surface area contributed by atoms with Crippen molar-refractivity contribution in [3.8, 4) is 0 Å². The highest BCUT2D eigenvalue weighted by molar-refractivity contribution is 5.17. The Balaban J connectivity index is 2.20. The molecule has 0 atom stereocenters. The molecule has 0 amide bonds. The summed E-state index contributed by atoms with van der Waals surface area (Å²) in [5, 5.41) is 0. The van der Waals surface area contributed by atoms with Gasteiger partial charge >= 0.3 is 0 Å². The normalized spacial score (nSPS) is 42.4. The third kappa shape index (κ3) is 1.06. The van der Waals surface area contributed by atoms with Gasteiger partial charge in [-0.3, -0.25) is 0 Å². The lowest BCUT2D eigenvalue weighted by molar-refractivity contribution is -0.101. The van der Waals surface area contributed by atoms with Gasteiger partial charge in [-0.1, -0.05) is 41.5 Å². The SMILES string of the molecule is CC(C)(C)C12CCC(C(C)(C)C)(C1)C2. The lowest BCUT2D eigenvalue weighted by Gasteiger charge is -2.59. The van der Waals surface area contributed by atoms with E-state index in [1.54, 1.807) is 0 Å². The maximum Gasteiger partial charge on any atom is -0.0238 e. The zero-order valence-corrected chi connectivity index (χ0v) is 10.8. The summed E-state index contributed by atoms with van der Waals surface area (Å²) < 4.78 is 0. The molecule has 0 aromatic heterocycles. The van der Waals surface area contributed by atoms with Crippen molar-refractivity contribution in [2.75, 3.05) is 0 Å². The Bertz CT molecular complexity index is 214. The first-order chi connectivity index (χ1) is 6.12. The second-order valence-corrected chi connectivity index (χ2v) is 7.91. The second kappa shape index (κ2) is 2.39. The summed E-state index contributed by atoms with van der Waals surface area (Å²) in [6.45, 7) is 14.6. The summed E-state index contributed by atoms with van der Waals surface area (Å²) in [6.07, 6.45) is 5.95. The summed E-state index contributed by atoms with van der Waals surface area (Å²) in [5.41, 5.74) is 2.44. The van der Waals surface area contributed by atoms with E-state index in [4.69, 9.17) is 0 Å². The fraction of sp³-hybridized carbons (Fsp3) is 1.00. The van der Waals surface area contributed by atoms with E-state index in [-0.39, 0.29) is 0 Å². The summed E-state index contributed by atoms with van der Waals surface area (Å²) >= 11 is 0. The number of hydrogen-bond acceptors (Lipinski definition) is 0. The zero-order valence-electron chi connectivity index (χ0n) is 10.8. The summed E-state index contributed by atoms with van der Waals surface area (Å²) in [4.78, 5) is 0. The van der Waals surface area contributed by atoms with E-state index in [1.807, 2.05) is 0 Å². The molecule has 0 aromatic carbocycles. The molecule has 0 heterocycles. The highest BCUT2D eigenvalue weighted by atomic mass is 14.7. The molecule has 0 nitrogen and oxygen atoms in total. The summed E-state index contributed by atoms with van der Waals surface area (Å²) in [6, 6.07) is 0. The molecule has 14 heavy (non-hydrogen) atoms. The van der Waals surface area contributed by atoms with Crippen LogP contribution in [0, 0.1) is 21.7 Å². The molecule has 0 N–H and O–H groups in total. The lowest BCUT2D eigenvalue weighted by Crippen LogP contribution is -2.51. The predicted molar refractivity (Wildman–Crippen MR) is 62.2 cm³/mol. The minimum atomic E-state index is 0.526. The largest absolute Gasteiger partial charge is 0.0596 e. The molecule has 0 aromatic rings. The van der Waals surface area contributed by atoms with E-state index in [1.165, 1.54) is 25.7 Å². The van der Waals surface area contributed by atoms with E-state index >= 15 is 0 Å². The van der Waals surface area contributed by atoms with E-state index in [0.29, 0.717) is 21.7 Å². The van der Waals surface area contributed by atoms with Crippen LogP contribution in [0.4, 0.5) is 0 Å². The topological polar surface area (TPSA) is 0 Å². The molecule has 0 heteroatoms. The van der Waals surface area contributed by atoms with Gasteiger partial charge in [0.25, 0.3) is 0 Å². The quantitative estimate of drug-likeness (QED) is 0.527. The maximum absolute atomic E-state index is 2.44. The maximum atomic E-state index is 2.44. The minimum absolute atomic E-state index is 0.526. The molecule has 0 radical (unpaired) electrons. The van der Waals surface area contributed by atoms with Crippen LogP contribution in [-0.4, -0.2) is 0 Å². The number of rotatable bonds is 0. The molecule has 3 saturated carbocycles. The van der Waals surface area contributed by atoms with Crippen LogP contribution in [0.15, 0.2) is 0 Å². The van der Waals surface area contributed by atoms with Crippen molar-refractivity contribution >= 4 is 0 Å². The van der Waals surface area contributed by atoms with Crippen LogP contribution in [0.2, 0.25) is 0 Å². The smallest absolute Gasteiger partial charge is 0.0238 e. The van der Waals surface area contributed by atoms with Crippen molar-refractivity contribution in [1.82, 2.24) is 0 Å². The van der Waals surface area contributed by atoms with Crippen LogP contribution in [0.3, 0.4) is 0 Å². The van der Waals surface area contributed by atoms with Gasteiger partial charge in [0.2, 0.25) is 0 Å². The molecule has 3 fully saturated rings. The van der Waals surface area contributed by atoms with Crippen molar-refractivity contribution in [3.63, 3.8) is 0 Å². The Morgan fingerprint density at radius 1 is 0.643 bits per heavy atom. The highest BCUT2D eigenvalue weighted by Crippen LogP contribution is 2.77. The summed E-state index contributed by atoms with van der Waals surface area (Å²) in [5.74, 6) is 0. The average Bonchev–Trinajstić information content (AvgIpc) is 2.31. The van der Waals surface area contributed by atoms with Crippen LogP contribution in [-0.2, 0) is 0 Å². The predicted octanol–water partition coefficient (Wildman–Crippen LogP) is 4.64. The third-order valence-electron chi connectivity index (χ3n) is 5.62. The van der Waals surface area contributed by atoms with E-state index in [0.717, 1.165) is 0 Å². The van der Waals surface area contributed by atoms with Gasteiger partial charge in [-0.25, -0.2) is 0 Å². The average molecular weight is 194 g/mol. The fourth-order valence-electron chi connectivity index (χ4n) is 3.89. The molecule has 0 spiro atoms. The Hall–Kier alpha value is 0. The van der Waals surface area contributed by atoms with Gasteiger partial charge in [0.1, 0.15) is 0 Å². The van der Waals surface area contributed by atoms with Crippen molar-refractivity contribution in [2.45, 2.75) is 67.2 Å². The first-order valence-corrected chi connectivity index (χ1v) is 6.12. The van der Waals surface area contributed by atoms with Gasteiger partial charge in [-0.15, -0.1) is 0 Å². The number of hydrogen-bond donors (Lipinski definition) is 0. The monoisotopic (exact) mass is 194 g/mol.